The van der Waals surface area contributed by atoms with Crippen LogP contribution in [0.1, 0.15) is 68.2 Å². The van der Waals surface area contributed by atoms with Crippen molar-refractivity contribution >= 4 is 23.2 Å². The van der Waals surface area contributed by atoms with E-state index in [1.807, 2.05) is 20.8 Å². The first-order valence-corrected chi connectivity index (χ1v) is 9.27. The van der Waals surface area contributed by atoms with Crippen molar-refractivity contribution in [3.63, 3.8) is 0 Å². The molecule has 1 aromatic heterocycles. The number of hydrogen-bond acceptors (Lipinski definition) is 3. The molecule has 1 saturated carbocycles. The predicted octanol–water partition coefficient (Wildman–Crippen LogP) is 4.75. The number of rotatable bonds is 4. The monoisotopic (exact) mass is 408 g/mol. The van der Waals surface area contributed by atoms with Crippen LogP contribution in [-0.4, -0.2) is 21.6 Å². The standard InChI is InChI=1S/C20H23F3N4O2/c1-11(28)24-14-8-7-13(20(21,22)23)9-15(14)25-18(29)16-10-17(12-5-6-12)27(26-16)19(2,3)4/h7-10,12H,5-6H2,1-4H3,(H,24,28)(H,25,29). The summed E-state index contributed by atoms with van der Waals surface area (Å²) in [5.74, 6) is -0.763. The predicted molar refractivity (Wildman–Crippen MR) is 103 cm³/mol. The van der Waals surface area contributed by atoms with Crippen molar-refractivity contribution in [2.75, 3.05) is 10.6 Å². The van der Waals surface area contributed by atoms with Crippen LogP contribution in [0.5, 0.6) is 0 Å². The minimum Gasteiger partial charge on any atom is -0.325 e. The first-order chi connectivity index (χ1) is 13.4. The van der Waals surface area contributed by atoms with Gasteiger partial charge in [-0.1, -0.05) is 0 Å². The van der Waals surface area contributed by atoms with Crippen LogP contribution in [0.2, 0.25) is 0 Å². The van der Waals surface area contributed by atoms with Gasteiger partial charge in [-0.25, -0.2) is 0 Å². The van der Waals surface area contributed by atoms with Gasteiger partial charge < -0.3 is 10.6 Å². The molecule has 1 aliphatic carbocycles. The molecule has 0 spiro atoms. The van der Waals surface area contributed by atoms with E-state index in [1.165, 1.54) is 6.92 Å². The molecule has 2 N–H and O–H groups in total. The van der Waals surface area contributed by atoms with E-state index in [-0.39, 0.29) is 22.6 Å². The van der Waals surface area contributed by atoms with Crippen LogP contribution in [0.4, 0.5) is 24.5 Å². The number of carbonyl (C=O) groups is 2. The number of alkyl halides is 3. The largest absolute Gasteiger partial charge is 0.416 e. The number of carbonyl (C=O) groups excluding carboxylic acids is 2. The van der Waals surface area contributed by atoms with E-state index in [9.17, 15) is 22.8 Å². The van der Waals surface area contributed by atoms with E-state index in [0.29, 0.717) is 5.92 Å². The molecule has 9 heteroatoms. The summed E-state index contributed by atoms with van der Waals surface area (Å²) >= 11 is 0. The van der Waals surface area contributed by atoms with Crippen LogP contribution < -0.4 is 10.6 Å². The molecule has 156 valence electrons. The summed E-state index contributed by atoms with van der Waals surface area (Å²) < 4.78 is 41.1. The quantitative estimate of drug-likeness (QED) is 0.767. The van der Waals surface area contributed by atoms with Gasteiger partial charge in [-0.2, -0.15) is 18.3 Å². The van der Waals surface area contributed by atoms with Gasteiger partial charge in [0.15, 0.2) is 5.69 Å². The van der Waals surface area contributed by atoms with Crippen molar-refractivity contribution in [1.82, 2.24) is 9.78 Å². The molecule has 1 aromatic carbocycles. The molecule has 2 amide bonds. The van der Waals surface area contributed by atoms with E-state index < -0.39 is 23.6 Å². The Morgan fingerprint density at radius 1 is 1.07 bits per heavy atom. The molecule has 1 aliphatic rings. The summed E-state index contributed by atoms with van der Waals surface area (Å²) in [5, 5.41) is 9.29. The van der Waals surface area contributed by atoms with E-state index in [2.05, 4.69) is 15.7 Å². The summed E-state index contributed by atoms with van der Waals surface area (Å²) in [6.45, 7) is 7.13. The van der Waals surface area contributed by atoms with Crippen LogP contribution in [0, 0.1) is 0 Å². The van der Waals surface area contributed by atoms with Gasteiger partial charge in [0.2, 0.25) is 5.91 Å². The Morgan fingerprint density at radius 2 is 1.72 bits per heavy atom. The molecule has 0 atom stereocenters. The Morgan fingerprint density at radius 3 is 2.24 bits per heavy atom. The SMILES string of the molecule is CC(=O)Nc1ccc(C(F)(F)F)cc1NC(=O)c1cc(C2CC2)n(C(C)(C)C)n1. The molecule has 0 radical (unpaired) electrons. The normalized spacial score (nSPS) is 14.6. The smallest absolute Gasteiger partial charge is 0.325 e. The van der Waals surface area contributed by atoms with Crippen molar-refractivity contribution in [2.24, 2.45) is 0 Å². The topological polar surface area (TPSA) is 76.0 Å². The average Bonchev–Trinajstić information content (AvgIpc) is 3.31. The minimum absolute atomic E-state index is 0.0801. The third kappa shape index (κ3) is 4.78. The molecule has 0 aliphatic heterocycles. The number of amides is 2. The molecule has 1 fully saturated rings. The maximum absolute atomic E-state index is 13.1. The zero-order valence-electron chi connectivity index (χ0n) is 16.6. The van der Waals surface area contributed by atoms with Crippen molar-refractivity contribution in [1.29, 1.82) is 0 Å². The number of nitrogens with zero attached hydrogens (tertiary/aromatic N) is 2. The highest BCUT2D eigenvalue weighted by Crippen LogP contribution is 2.42. The number of nitrogens with one attached hydrogen (secondary N) is 2. The van der Waals surface area contributed by atoms with Gasteiger partial charge in [0.05, 0.1) is 22.5 Å². The Bertz CT molecular complexity index is 954. The Hall–Kier alpha value is -2.84. The van der Waals surface area contributed by atoms with Gasteiger partial charge in [0.1, 0.15) is 0 Å². The number of benzene rings is 1. The van der Waals surface area contributed by atoms with Gasteiger partial charge in [-0.3, -0.25) is 14.3 Å². The van der Waals surface area contributed by atoms with Gasteiger partial charge in [-0.05, 0) is 57.9 Å². The minimum atomic E-state index is -4.58. The molecule has 0 saturated heterocycles. The summed E-state index contributed by atoms with van der Waals surface area (Å²) in [5.41, 5.74) is -0.272. The lowest BCUT2D eigenvalue weighted by molar-refractivity contribution is -0.137. The maximum atomic E-state index is 13.1. The third-order valence-electron chi connectivity index (χ3n) is 4.51. The van der Waals surface area contributed by atoms with Crippen LogP contribution in [-0.2, 0) is 16.5 Å². The van der Waals surface area contributed by atoms with Crippen molar-refractivity contribution in [3.05, 3.63) is 41.2 Å². The van der Waals surface area contributed by atoms with Crippen LogP contribution in [0.3, 0.4) is 0 Å². The lowest BCUT2D eigenvalue weighted by Crippen LogP contribution is -2.26. The molecule has 1 heterocycles. The van der Waals surface area contributed by atoms with Gasteiger partial charge in [-0.15, -0.1) is 0 Å². The maximum Gasteiger partial charge on any atom is 0.416 e. The molecular weight excluding hydrogens is 385 g/mol. The summed E-state index contributed by atoms with van der Waals surface area (Å²) in [7, 11) is 0. The highest BCUT2D eigenvalue weighted by atomic mass is 19.4. The Labute approximate surface area is 166 Å². The van der Waals surface area contributed by atoms with Crippen molar-refractivity contribution in [3.8, 4) is 0 Å². The molecule has 0 unspecified atom stereocenters. The van der Waals surface area contributed by atoms with Crippen LogP contribution >= 0.6 is 0 Å². The second-order valence-corrected chi connectivity index (χ2v) is 8.20. The number of hydrogen-bond donors (Lipinski definition) is 2. The molecule has 0 bridgehead atoms. The van der Waals surface area contributed by atoms with Gasteiger partial charge in [0, 0.05) is 18.5 Å². The van der Waals surface area contributed by atoms with E-state index in [4.69, 9.17) is 0 Å². The van der Waals surface area contributed by atoms with E-state index in [1.54, 1.807) is 10.7 Å². The first-order valence-electron chi connectivity index (χ1n) is 9.27. The molecule has 6 nitrogen and oxygen atoms in total. The number of aromatic nitrogens is 2. The number of anilines is 2. The molecule has 3 rings (SSSR count). The lowest BCUT2D eigenvalue weighted by Gasteiger charge is -2.22. The second-order valence-electron chi connectivity index (χ2n) is 8.20. The van der Waals surface area contributed by atoms with Gasteiger partial charge >= 0.3 is 6.18 Å². The molecular formula is C20H23F3N4O2. The number of halogens is 3. The van der Waals surface area contributed by atoms with Crippen LogP contribution in [0.25, 0.3) is 0 Å². The Balaban J connectivity index is 1.94. The Kier molecular flexibility index (Phi) is 5.19. The lowest BCUT2D eigenvalue weighted by atomic mass is 10.1. The zero-order chi connectivity index (χ0) is 21.6. The molecule has 2 aromatic rings. The van der Waals surface area contributed by atoms with Crippen molar-refractivity contribution in [2.45, 2.75) is 58.2 Å². The second kappa shape index (κ2) is 7.20. The molecule has 29 heavy (non-hydrogen) atoms. The fraction of sp³-hybridized carbons (Fsp3) is 0.450. The third-order valence-corrected chi connectivity index (χ3v) is 4.51. The average molecular weight is 408 g/mol. The fourth-order valence-corrected chi connectivity index (χ4v) is 3.02. The summed E-state index contributed by atoms with van der Waals surface area (Å²) in [4.78, 5) is 24.1. The zero-order valence-corrected chi connectivity index (χ0v) is 16.6. The highest BCUT2D eigenvalue weighted by Gasteiger charge is 2.33. The van der Waals surface area contributed by atoms with Gasteiger partial charge in [0.25, 0.3) is 5.91 Å². The summed E-state index contributed by atoms with van der Waals surface area (Å²) in [6, 6.07) is 4.44. The van der Waals surface area contributed by atoms with E-state index >= 15 is 0 Å². The van der Waals surface area contributed by atoms with E-state index in [0.717, 1.165) is 36.7 Å². The summed E-state index contributed by atoms with van der Waals surface area (Å²) in [6.07, 6.45) is -2.55. The first kappa shape index (κ1) is 20.9. The van der Waals surface area contributed by atoms with Crippen molar-refractivity contribution < 1.29 is 22.8 Å². The fourth-order valence-electron chi connectivity index (χ4n) is 3.02. The highest BCUT2D eigenvalue weighted by molar-refractivity contribution is 6.06. The van der Waals surface area contributed by atoms with Crippen LogP contribution in [0.15, 0.2) is 24.3 Å².